The van der Waals surface area contributed by atoms with Gasteiger partial charge >= 0.3 is 0 Å². The maximum atomic E-state index is 15.8. The van der Waals surface area contributed by atoms with Crippen LogP contribution in [0.15, 0.2) is 49.2 Å². The molecule has 0 saturated carbocycles. The van der Waals surface area contributed by atoms with Gasteiger partial charge in [0.2, 0.25) is 10.0 Å². The highest BCUT2D eigenvalue weighted by Gasteiger charge is 2.25. The van der Waals surface area contributed by atoms with E-state index >= 15 is 8.78 Å². The summed E-state index contributed by atoms with van der Waals surface area (Å²) in [5, 5.41) is 0. The minimum Gasteiger partial charge on any atom is -0.357 e. The number of hydrogen-bond acceptors (Lipinski definition) is 7. The van der Waals surface area contributed by atoms with Crippen molar-refractivity contribution in [2.24, 2.45) is 0 Å². The summed E-state index contributed by atoms with van der Waals surface area (Å²) in [6.45, 7) is 6.95. The van der Waals surface area contributed by atoms with Crippen molar-refractivity contribution in [2.75, 3.05) is 42.1 Å². The van der Waals surface area contributed by atoms with Gasteiger partial charge in [0.15, 0.2) is 5.82 Å². The molecule has 0 unspecified atom stereocenters. The monoisotopic (exact) mass is 605 g/mol. The number of benzene rings is 1. The molecule has 1 fully saturated rings. The Morgan fingerprint density at radius 2 is 1.78 bits per heavy atom. The van der Waals surface area contributed by atoms with Crippen LogP contribution in [0.25, 0.3) is 27.8 Å². The maximum absolute atomic E-state index is 15.8. The number of piperidine rings is 1. The Bertz CT molecular complexity index is 1610. The van der Waals surface area contributed by atoms with Crippen LogP contribution in [0.3, 0.4) is 0 Å². The Morgan fingerprint density at radius 1 is 1.07 bits per heavy atom. The van der Waals surface area contributed by atoms with Gasteiger partial charge in [0.25, 0.3) is 0 Å². The third-order valence-corrected chi connectivity index (χ3v) is 8.94. The van der Waals surface area contributed by atoms with Crippen LogP contribution in [0.4, 0.5) is 20.3 Å². The highest BCUT2D eigenvalue weighted by atomic mass is 35.5. The Morgan fingerprint density at radius 3 is 2.44 bits per heavy atom. The summed E-state index contributed by atoms with van der Waals surface area (Å²) in [5.74, 6) is -1.29. The number of rotatable bonds is 9. The number of anilines is 2. The van der Waals surface area contributed by atoms with Crippen LogP contribution in [-0.4, -0.2) is 71.3 Å². The lowest BCUT2D eigenvalue weighted by molar-refractivity contribution is 0.220. The number of hydrogen-bond donors (Lipinski definition) is 1. The molecule has 0 radical (unpaired) electrons. The summed E-state index contributed by atoms with van der Waals surface area (Å²) < 4.78 is 59.4. The van der Waals surface area contributed by atoms with Gasteiger partial charge in [-0.15, -0.1) is 12.4 Å². The van der Waals surface area contributed by atoms with Crippen LogP contribution in [0.2, 0.25) is 0 Å². The van der Waals surface area contributed by atoms with Crippen LogP contribution >= 0.6 is 12.4 Å². The molecule has 1 aromatic carbocycles. The second-order valence-electron chi connectivity index (χ2n) is 10.0. The molecule has 0 amide bonds. The van der Waals surface area contributed by atoms with E-state index in [2.05, 4.69) is 31.4 Å². The van der Waals surface area contributed by atoms with Gasteiger partial charge in [-0.3, -0.25) is 4.72 Å². The molecule has 5 rings (SSSR count). The maximum Gasteiger partial charge on any atom is 0.232 e. The quantitative estimate of drug-likeness (QED) is 0.278. The number of nitrogens with zero attached hydrogens (tertiary/aromatic N) is 6. The van der Waals surface area contributed by atoms with E-state index in [0.29, 0.717) is 34.6 Å². The van der Waals surface area contributed by atoms with E-state index in [1.165, 1.54) is 10.9 Å². The van der Waals surface area contributed by atoms with Gasteiger partial charge in [-0.1, -0.05) is 13.8 Å². The molecule has 13 heteroatoms. The largest absolute Gasteiger partial charge is 0.357 e. The molecule has 1 aliphatic heterocycles. The van der Waals surface area contributed by atoms with Gasteiger partial charge in [-0.25, -0.2) is 32.2 Å². The molecule has 0 bridgehead atoms. The predicted octanol–water partition coefficient (Wildman–Crippen LogP) is 5.25. The zero-order valence-electron chi connectivity index (χ0n) is 23.2. The first-order valence-corrected chi connectivity index (χ1v) is 15.1. The molecular formula is C28H34ClF2N7O2S. The van der Waals surface area contributed by atoms with Gasteiger partial charge in [0.05, 0.1) is 22.5 Å². The summed E-state index contributed by atoms with van der Waals surface area (Å²) in [6, 6.07) is 6.10. The first-order valence-electron chi connectivity index (χ1n) is 13.4. The standard InChI is InChI=1S/C28H33F2N7O2S.ClH/c1-4-14-40(38,39)34-23-7-6-22(29)28(26(23)30)37-17-21(19-15-31-18-32-16-19)27-24(37)8-9-25(33-27)35(3)20-10-12-36(5-2)13-11-20;/h6-9,15-18,20,34H,4-5,10-14H2,1-3H3;1H. The summed E-state index contributed by atoms with van der Waals surface area (Å²) in [6.07, 6.45) is 8.62. The summed E-state index contributed by atoms with van der Waals surface area (Å²) >= 11 is 0. The van der Waals surface area contributed by atoms with Crippen molar-refractivity contribution >= 4 is 45.0 Å². The van der Waals surface area contributed by atoms with Gasteiger partial charge in [0, 0.05) is 55.9 Å². The van der Waals surface area contributed by atoms with Crippen molar-refractivity contribution in [3.05, 3.63) is 60.8 Å². The van der Waals surface area contributed by atoms with Gasteiger partial charge < -0.3 is 14.4 Å². The van der Waals surface area contributed by atoms with Gasteiger partial charge in [-0.05, 0) is 50.1 Å². The molecule has 41 heavy (non-hydrogen) atoms. The van der Waals surface area contributed by atoms with Crippen molar-refractivity contribution in [1.82, 2.24) is 24.4 Å². The van der Waals surface area contributed by atoms with Crippen LogP contribution in [-0.2, 0) is 10.0 Å². The van der Waals surface area contributed by atoms with E-state index in [1.54, 1.807) is 31.6 Å². The second kappa shape index (κ2) is 12.7. The zero-order chi connectivity index (χ0) is 28.4. The topological polar surface area (TPSA) is 96.2 Å². The van der Waals surface area contributed by atoms with Crippen LogP contribution < -0.4 is 9.62 Å². The molecule has 4 heterocycles. The summed E-state index contributed by atoms with van der Waals surface area (Å²) in [4.78, 5) is 17.8. The van der Waals surface area contributed by atoms with E-state index in [1.807, 2.05) is 13.1 Å². The van der Waals surface area contributed by atoms with E-state index in [9.17, 15) is 8.42 Å². The molecule has 220 valence electrons. The van der Waals surface area contributed by atoms with Crippen molar-refractivity contribution < 1.29 is 17.2 Å². The fourth-order valence-corrected chi connectivity index (χ4v) is 6.39. The Kier molecular flexibility index (Phi) is 9.45. The fourth-order valence-electron chi connectivity index (χ4n) is 5.26. The number of halogens is 3. The van der Waals surface area contributed by atoms with E-state index in [4.69, 9.17) is 4.98 Å². The normalized spacial score (nSPS) is 14.7. The van der Waals surface area contributed by atoms with Crippen LogP contribution in [0, 0.1) is 11.6 Å². The average molecular weight is 606 g/mol. The van der Waals surface area contributed by atoms with Crippen LogP contribution in [0.1, 0.15) is 33.1 Å². The minimum absolute atomic E-state index is 0. The average Bonchev–Trinajstić information content (AvgIpc) is 3.33. The fraction of sp³-hybridized carbons (Fsp3) is 0.393. The summed E-state index contributed by atoms with van der Waals surface area (Å²) in [5.41, 5.74) is 1.50. The SMILES string of the molecule is CCCS(=O)(=O)Nc1ccc(F)c(-n2cc(-c3cncnc3)c3nc(N(C)C4CCN(CC)CC4)ccc32)c1F.Cl. The lowest BCUT2D eigenvalue weighted by Gasteiger charge is -2.36. The smallest absolute Gasteiger partial charge is 0.232 e. The van der Waals surface area contributed by atoms with E-state index < -0.39 is 27.3 Å². The number of aromatic nitrogens is 4. The van der Waals surface area contributed by atoms with Crippen molar-refractivity contribution in [2.45, 2.75) is 39.2 Å². The van der Waals surface area contributed by atoms with E-state index in [0.717, 1.165) is 50.4 Å². The highest BCUT2D eigenvalue weighted by molar-refractivity contribution is 7.92. The van der Waals surface area contributed by atoms with Crippen molar-refractivity contribution in [3.63, 3.8) is 0 Å². The number of sulfonamides is 1. The Hall–Kier alpha value is -3.35. The van der Waals surface area contributed by atoms with Gasteiger partial charge in [-0.2, -0.15) is 0 Å². The molecule has 9 nitrogen and oxygen atoms in total. The first-order chi connectivity index (χ1) is 19.2. The minimum atomic E-state index is -3.79. The molecule has 4 aromatic rings. The van der Waals surface area contributed by atoms with Crippen LogP contribution in [0.5, 0.6) is 0 Å². The molecule has 0 spiro atoms. The molecule has 0 aliphatic carbocycles. The lowest BCUT2D eigenvalue weighted by Crippen LogP contribution is -2.43. The molecule has 1 N–H and O–H groups in total. The third kappa shape index (κ3) is 6.29. The number of fused-ring (bicyclic) bond motifs is 1. The van der Waals surface area contributed by atoms with Gasteiger partial charge in [0.1, 0.15) is 23.6 Å². The number of likely N-dealkylation sites (tertiary alicyclic amines) is 1. The molecule has 0 atom stereocenters. The zero-order valence-corrected chi connectivity index (χ0v) is 24.9. The number of pyridine rings is 1. The first kappa shape index (κ1) is 30.6. The molecular weight excluding hydrogens is 572 g/mol. The highest BCUT2D eigenvalue weighted by Crippen LogP contribution is 2.36. The second-order valence-corrected chi connectivity index (χ2v) is 11.9. The molecule has 3 aromatic heterocycles. The summed E-state index contributed by atoms with van der Waals surface area (Å²) in [7, 11) is -1.77. The van der Waals surface area contributed by atoms with Crippen molar-refractivity contribution in [1.29, 1.82) is 0 Å². The van der Waals surface area contributed by atoms with E-state index in [-0.39, 0.29) is 23.8 Å². The lowest BCUT2D eigenvalue weighted by atomic mass is 10.0. The third-order valence-electron chi connectivity index (χ3n) is 7.46. The Labute approximate surface area is 245 Å². The molecule has 1 aliphatic rings. The molecule has 1 saturated heterocycles. The Balaban J connectivity index is 0.00000387. The predicted molar refractivity (Wildman–Crippen MR) is 160 cm³/mol. The number of nitrogens with one attached hydrogen (secondary N) is 1. The van der Waals surface area contributed by atoms with Crippen molar-refractivity contribution in [3.8, 4) is 16.8 Å².